The maximum atomic E-state index is 11.6. The fraction of sp³-hybridized carbons (Fsp3) is 0.222. The highest BCUT2D eigenvalue weighted by Gasteiger charge is 2.15. The van der Waals surface area contributed by atoms with E-state index in [-0.39, 0.29) is 12.4 Å². The number of rotatable bonds is 6. The number of benzene rings is 1. The van der Waals surface area contributed by atoms with Gasteiger partial charge >= 0.3 is 5.97 Å². The minimum atomic E-state index is -0.228. The Hall–Kier alpha value is -3.42. The largest absolute Gasteiger partial charge is 0.466 e. The van der Waals surface area contributed by atoms with Gasteiger partial charge in [0.2, 0.25) is 5.78 Å². The van der Waals surface area contributed by atoms with E-state index in [1.165, 1.54) is 0 Å². The Labute approximate surface area is 149 Å². The number of hydrogen-bond acceptors (Lipinski definition) is 6. The zero-order valence-corrected chi connectivity index (χ0v) is 14.3. The van der Waals surface area contributed by atoms with Crippen molar-refractivity contribution in [3.05, 3.63) is 42.9 Å². The number of anilines is 1. The summed E-state index contributed by atoms with van der Waals surface area (Å²) in [6.07, 6.45) is 5.65. The Morgan fingerprint density at radius 1 is 1.38 bits per heavy atom. The zero-order chi connectivity index (χ0) is 17.9. The van der Waals surface area contributed by atoms with Gasteiger partial charge in [-0.25, -0.2) is 9.97 Å². The fourth-order valence-electron chi connectivity index (χ4n) is 2.86. The summed E-state index contributed by atoms with van der Waals surface area (Å²) in [4.78, 5) is 20.6. The Balaban J connectivity index is 1.70. The smallest absolute Gasteiger partial charge is 0.307 e. The first-order valence-corrected chi connectivity index (χ1v) is 8.42. The van der Waals surface area contributed by atoms with E-state index in [9.17, 15) is 4.79 Å². The molecule has 26 heavy (non-hydrogen) atoms. The lowest BCUT2D eigenvalue weighted by Crippen LogP contribution is -2.12. The second-order valence-corrected chi connectivity index (χ2v) is 5.75. The van der Waals surface area contributed by atoms with Crippen molar-refractivity contribution in [3.63, 3.8) is 0 Å². The number of ether oxygens (including phenoxy) is 1. The first-order valence-electron chi connectivity index (χ1n) is 8.42. The molecule has 0 fully saturated rings. The summed E-state index contributed by atoms with van der Waals surface area (Å²) < 4.78 is 6.85. The van der Waals surface area contributed by atoms with Crippen LogP contribution in [0.3, 0.4) is 0 Å². The third-order valence-electron chi connectivity index (χ3n) is 4.04. The average molecular weight is 350 g/mol. The molecule has 8 nitrogen and oxygen atoms in total. The van der Waals surface area contributed by atoms with Crippen LogP contribution in [0.25, 0.3) is 27.9 Å². The van der Waals surface area contributed by atoms with E-state index >= 15 is 0 Å². The van der Waals surface area contributed by atoms with Crippen LogP contribution in [0.5, 0.6) is 0 Å². The summed E-state index contributed by atoms with van der Waals surface area (Å²) >= 11 is 0. The van der Waals surface area contributed by atoms with Crippen molar-refractivity contribution < 1.29 is 9.53 Å². The molecule has 4 rings (SSSR count). The Morgan fingerprint density at radius 2 is 2.31 bits per heavy atom. The summed E-state index contributed by atoms with van der Waals surface area (Å²) in [5.74, 6) is 1.15. The monoisotopic (exact) mass is 350 g/mol. The molecule has 0 aliphatic rings. The molecule has 0 saturated carbocycles. The van der Waals surface area contributed by atoms with Crippen molar-refractivity contribution in [1.82, 2.24) is 24.6 Å². The molecule has 0 amide bonds. The van der Waals surface area contributed by atoms with Gasteiger partial charge in [-0.3, -0.25) is 14.3 Å². The summed E-state index contributed by atoms with van der Waals surface area (Å²) in [5, 5.41) is 11.3. The van der Waals surface area contributed by atoms with Crippen molar-refractivity contribution in [3.8, 4) is 11.3 Å². The molecule has 1 aromatic carbocycles. The number of aromatic amines is 1. The second-order valence-electron chi connectivity index (χ2n) is 5.75. The topological polar surface area (TPSA) is 97.2 Å². The second kappa shape index (κ2) is 6.83. The van der Waals surface area contributed by atoms with Crippen LogP contribution in [0.15, 0.2) is 42.9 Å². The molecule has 132 valence electrons. The van der Waals surface area contributed by atoms with Gasteiger partial charge in [0.25, 0.3) is 0 Å². The van der Waals surface area contributed by atoms with Crippen LogP contribution >= 0.6 is 0 Å². The molecule has 8 heteroatoms. The summed E-state index contributed by atoms with van der Waals surface area (Å²) in [6, 6.07) is 7.82. The normalized spacial score (nSPS) is 11.1. The maximum absolute atomic E-state index is 11.6. The number of carbonyl (C=O) groups excluding carboxylic acids is 1. The number of hydrogen-bond donors (Lipinski definition) is 2. The van der Waals surface area contributed by atoms with Crippen molar-refractivity contribution >= 4 is 28.5 Å². The van der Waals surface area contributed by atoms with Gasteiger partial charge in [-0.1, -0.05) is 6.07 Å². The molecular formula is C18H18N6O2. The Kier molecular flexibility index (Phi) is 4.22. The molecule has 0 atom stereocenters. The van der Waals surface area contributed by atoms with E-state index in [0.717, 1.165) is 28.0 Å². The van der Waals surface area contributed by atoms with Crippen molar-refractivity contribution in [1.29, 1.82) is 0 Å². The number of nitrogens with one attached hydrogen (secondary N) is 2. The summed E-state index contributed by atoms with van der Waals surface area (Å²) in [7, 11) is 0. The zero-order valence-electron chi connectivity index (χ0n) is 14.3. The molecule has 0 radical (unpaired) electrons. The lowest BCUT2D eigenvalue weighted by atomic mass is 10.1. The van der Waals surface area contributed by atoms with Crippen molar-refractivity contribution in [2.75, 3.05) is 18.5 Å². The highest BCUT2D eigenvalue weighted by Crippen LogP contribution is 2.30. The third-order valence-corrected chi connectivity index (χ3v) is 4.04. The van der Waals surface area contributed by atoms with Gasteiger partial charge < -0.3 is 10.1 Å². The molecule has 2 N–H and O–H groups in total. The first kappa shape index (κ1) is 16.1. The van der Waals surface area contributed by atoms with E-state index in [0.29, 0.717) is 18.9 Å². The van der Waals surface area contributed by atoms with Crippen LogP contribution in [0.4, 0.5) is 5.82 Å². The number of nitrogens with zero attached hydrogens (tertiary/aromatic N) is 4. The molecular weight excluding hydrogens is 332 g/mol. The molecule has 3 heterocycles. The van der Waals surface area contributed by atoms with Gasteiger partial charge in [-0.15, -0.1) is 0 Å². The van der Waals surface area contributed by atoms with Crippen LogP contribution < -0.4 is 5.32 Å². The Morgan fingerprint density at radius 3 is 3.19 bits per heavy atom. The molecule has 0 saturated heterocycles. The van der Waals surface area contributed by atoms with Crippen LogP contribution in [0.1, 0.15) is 13.3 Å². The minimum Gasteiger partial charge on any atom is -0.466 e. The van der Waals surface area contributed by atoms with Gasteiger partial charge in [-0.05, 0) is 25.1 Å². The minimum absolute atomic E-state index is 0.228. The molecule has 0 unspecified atom stereocenters. The van der Waals surface area contributed by atoms with E-state index in [1.54, 1.807) is 19.3 Å². The standard InChI is InChI=1S/C18H18N6O2/c1-2-26-15(25)6-8-19-17-16(22-18-20-7-3-9-24(17)18)12-4-5-14-13(10-12)11-21-23-14/h3-5,7,9-11,19H,2,6,8H2,1H3,(H,21,23). The fourth-order valence-corrected chi connectivity index (χ4v) is 2.86. The van der Waals surface area contributed by atoms with Crippen molar-refractivity contribution in [2.45, 2.75) is 13.3 Å². The predicted molar refractivity (Wildman–Crippen MR) is 97.8 cm³/mol. The maximum Gasteiger partial charge on any atom is 0.307 e. The van der Waals surface area contributed by atoms with Gasteiger partial charge in [0.05, 0.1) is 24.7 Å². The van der Waals surface area contributed by atoms with E-state index in [2.05, 4.69) is 25.5 Å². The highest BCUT2D eigenvalue weighted by atomic mass is 16.5. The molecule has 3 aromatic heterocycles. The van der Waals surface area contributed by atoms with Crippen molar-refractivity contribution in [2.24, 2.45) is 0 Å². The predicted octanol–water partition coefficient (Wildman–Crippen LogP) is 2.64. The molecule has 0 aliphatic heterocycles. The highest BCUT2D eigenvalue weighted by molar-refractivity contribution is 5.86. The lowest BCUT2D eigenvalue weighted by molar-refractivity contribution is -0.142. The van der Waals surface area contributed by atoms with Crippen LogP contribution in [-0.2, 0) is 9.53 Å². The number of carbonyl (C=O) groups is 1. The molecule has 0 spiro atoms. The first-order chi connectivity index (χ1) is 12.8. The van der Waals surface area contributed by atoms with Gasteiger partial charge in [0.15, 0.2) is 0 Å². The quantitative estimate of drug-likeness (QED) is 0.519. The van der Waals surface area contributed by atoms with Crippen LogP contribution in [-0.4, -0.2) is 43.7 Å². The summed E-state index contributed by atoms with van der Waals surface area (Å²) in [6.45, 7) is 2.63. The third kappa shape index (κ3) is 2.97. The van der Waals surface area contributed by atoms with Gasteiger partial charge in [-0.2, -0.15) is 5.10 Å². The van der Waals surface area contributed by atoms with Crippen LogP contribution in [0, 0.1) is 0 Å². The van der Waals surface area contributed by atoms with Gasteiger partial charge in [0.1, 0.15) is 11.5 Å². The van der Waals surface area contributed by atoms with E-state index in [4.69, 9.17) is 4.74 Å². The number of fused-ring (bicyclic) bond motifs is 2. The number of H-pyrrole nitrogens is 1. The Bertz CT molecular complexity index is 1070. The molecule has 0 bridgehead atoms. The van der Waals surface area contributed by atoms with E-state index < -0.39 is 0 Å². The molecule has 0 aliphatic carbocycles. The number of aromatic nitrogens is 5. The average Bonchev–Trinajstić information content (AvgIpc) is 3.26. The molecule has 4 aromatic rings. The summed E-state index contributed by atoms with van der Waals surface area (Å²) in [5.41, 5.74) is 2.69. The number of esters is 1. The number of imidazole rings is 1. The van der Waals surface area contributed by atoms with E-state index in [1.807, 2.05) is 34.9 Å². The SMILES string of the molecule is CCOC(=O)CCNc1c(-c2ccc3[nH]ncc3c2)nc2ncccn12. The van der Waals surface area contributed by atoms with Gasteiger partial charge in [0, 0.05) is 29.9 Å². The van der Waals surface area contributed by atoms with Crippen LogP contribution in [0.2, 0.25) is 0 Å². The lowest BCUT2D eigenvalue weighted by Gasteiger charge is -2.08.